The van der Waals surface area contributed by atoms with Crippen LogP contribution < -0.4 is 10.9 Å². The number of hydrogen-bond acceptors (Lipinski definition) is 4. The number of hydrogen-bond donors (Lipinski definition) is 3. The van der Waals surface area contributed by atoms with E-state index < -0.39 is 28.9 Å². The Morgan fingerprint density at radius 3 is 2.71 bits per heavy atom. The molecule has 1 fully saturated rings. The molecule has 1 aromatic heterocycles. The molecule has 1 aliphatic carbocycles. The van der Waals surface area contributed by atoms with E-state index in [1.54, 1.807) is 20.8 Å². The molecule has 2 rings (SSSR count). The van der Waals surface area contributed by atoms with Gasteiger partial charge in [-0.15, -0.1) is 0 Å². The first-order valence-electron chi connectivity index (χ1n) is 6.87. The summed E-state index contributed by atoms with van der Waals surface area (Å²) in [4.78, 5) is 35.6. The fourth-order valence-corrected chi connectivity index (χ4v) is 2.78. The van der Waals surface area contributed by atoms with Crippen molar-refractivity contribution in [3.05, 3.63) is 27.2 Å². The molecule has 1 heterocycles. The largest absolute Gasteiger partial charge is 0.481 e. The van der Waals surface area contributed by atoms with Crippen molar-refractivity contribution in [3.63, 3.8) is 0 Å². The van der Waals surface area contributed by atoms with E-state index in [-0.39, 0.29) is 5.56 Å². The van der Waals surface area contributed by atoms with Crippen molar-refractivity contribution in [2.75, 3.05) is 0 Å². The molecule has 114 valence electrons. The Labute approximate surface area is 121 Å². The molecule has 7 heteroatoms. The predicted molar refractivity (Wildman–Crippen MR) is 75.2 cm³/mol. The van der Waals surface area contributed by atoms with Crippen LogP contribution in [0.15, 0.2) is 4.79 Å². The zero-order valence-electron chi connectivity index (χ0n) is 12.3. The van der Waals surface area contributed by atoms with Crippen molar-refractivity contribution in [2.24, 2.45) is 5.41 Å². The topological polar surface area (TPSA) is 112 Å². The Morgan fingerprint density at radius 1 is 1.43 bits per heavy atom. The SMILES string of the molecule is Cc1n[nH]c(=O)c(C(=O)NC2CCCC2(C)C(=O)O)c1C. The molecule has 1 aliphatic rings. The quantitative estimate of drug-likeness (QED) is 0.761. The summed E-state index contributed by atoms with van der Waals surface area (Å²) < 4.78 is 0. The molecular weight excluding hydrogens is 274 g/mol. The highest BCUT2D eigenvalue weighted by molar-refractivity contribution is 5.96. The third kappa shape index (κ3) is 2.55. The van der Waals surface area contributed by atoms with E-state index in [1.807, 2.05) is 0 Å². The van der Waals surface area contributed by atoms with Gasteiger partial charge in [-0.25, -0.2) is 5.10 Å². The van der Waals surface area contributed by atoms with Gasteiger partial charge in [0.15, 0.2) is 0 Å². The highest BCUT2D eigenvalue weighted by Gasteiger charge is 2.46. The molecule has 21 heavy (non-hydrogen) atoms. The van der Waals surface area contributed by atoms with Crippen LogP contribution in [0.25, 0.3) is 0 Å². The molecule has 3 N–H and O–H groups in total. The third-order valence-electron chi connectivity index (χ3n) is 4.45. The maximum atomic E-state index is 12.4. The lowest BCUT2D eigenvalue weighted by atomic mass is 9.84. The van der Waals surface area contributed by atoms with Crippen molar-refractivity contribution in [3.8, 4) is 0 Å². The highest BCUT2D eigenvalue weighted by atomic mass is 16.4. The van der Waals surface area contributed by atoms with Gasteiger partial charge in [-0.05, 0) is 39.2 Å². The van der Waals surface area contributed by atoms with Crippen LogP contribution in [0, 0.1) is 19.3 Å². The number of H-pyrrole nitrogens is 1. The number of carboxylic acids is 1. The smallest absolute Gasteiger partial charge is 0.311 e. The number of aromatic nitrogens is 2. The molecule has 2 atom stereocenters. The van der Waals surface area contributed by atoms with Gasteiger partial charge in [-0.1, -0.05) is 6.42 Å². The number of nitrogens with one attached hydrogen (secondary N) is 2. The van der Waals surface area contributed by atoms with E-state index in [1.165, 1.54) is 0 Å². The molecule has 0 bridgehead atoms. The normalized spacial score (nSPS) is 24.8. The van der Waals surface area contributed by atoms with Crippen LogP contribution in [-0.2, 0) is 4.79 Å². The highest BCUT2D eigenvalue weighted by Crippen LogP contribution is 2.38. The van der Waals surface area contributed by atoms with Crippen molar-refractivity contribution in [1.82, 2.24) is 15.5 Å². The average Bonchev–Trinajstić information content (AvgIpc) is 2.77. The third-order valence-corrected chi connectivity index (χ3v) is 4.45. The van der Waals surface area contributed by atoms with Crippen LogP contribution in [0.3, 0.4) is 0 Å². The number of rotatable bonds is 3. The Hall–Kier alpha value is -2.18. The van der Waals surface area contributed by atoms with Crippen LogP contribution in [0.2, 0.25) is 0 Å². The van der Waals surface area contributed by atoms with Gasteiger partial charge < -0.3 is 10.4 Å². The summed E-state index contributed by atoms with van der Waals surface area (Å²) in [7, 11) is 0. The van der Waals surface area contributed by atoms with E-state index >= 15 is 0 Å². The minimum atomic E-state index is -0.988. The van der Waals surface area contributed by atoms with Gasteiger partial charge in [-0.3, -0.25) is 14.4 Å². The van der Waals surface area contributed by atoms with Crippen molar-refractivity contribution >= 4 is 11.9 Å². The number of aryl methyl sites for hydroxylation is 1. The number of carbonyl (C=O) groups is 2. The van der Waals surface area contributed by atoms with Crippen LogP contribution >= 0.6 is 0 Å². The Bertz CT molecular complexity index is 652. The van der Waals surface area contributed by atoms with Crippen LogP contribution in [0.5, 0.6) is 0 Å². The lowest BCUT2D eigenvalue weighted by Gasteiger charge is -2.27. The average molecular weight is 293 g/mol. The summed E-state index contributed by atoms with van der Waals surface area (Å²) in [6, 6.07) is -0.477. The lowest BCUT2D eigenvalue weighted by molar-refractivity contribution is -0.148. The fourth-order valence-electron chi connectivity index (χ4n) is 2.78. The second kappa shape index (κ2) is 5.31. The first kappa shape index (κ1) is 15.2. The van der Waals surface area contributed by atoms with Crippen molar-refractivity contribution in [1.29, 1.82) is 0 Å². The standard InChI is InChI=1S/C14H19N3O4/c1-7-8(2)16-17-12(19)10(7)11(18)15-9-5-4-6-14(9,3)13(20)21/h9H,4-6H2,1-3H3,(H,15,18)(H,17,19)(H,20,21). The summed E-state index contributed by atoms with van der Waals surface area (Å²) in [5.41, 5.74) is -0.482. The van der Waals surface area contributed by atoms with Gasteiger partial charge in [0.05, 0.1) is 11.1 Å². The molecule has 0 radical (unpaired) electrons. The Kier molecular flexibility index (Phi) is 3.85. The van der Waals surface area contributed by atoms with Crippen molar-refractivity contribution < 1.29 is 14.7 Å². The van der Waals surface area contributed by atoms with Crippen molar-refractivity contribution in [2.45, 2.75) is 46.1 Å². The first-order valence-corrected chi connectivity index (χ1v) is 6.87. The second-order valence-corrected chi connectivity index (χ2v) is 5.78. The molecule has 0 aliphatic heterocycles. The van der Waals surface area contributed by atoms with Gasteiger partial charge in [0.2, 0.25) is 0 Å². The maximum absolute atomic E-state index is 12.4. The number of aliphatic carboxylic acids is 1. The zero-order chi connectivity index (χ0) is 15.8. The van der Waals surface area contributed by atoms with Gasteiger partial charge in [0.25, 0.3) is 11.5 Å². The number of amides is 1. The minimum Gasteiger partial charge on any atom is -0.481 e. The molecule has 1 saturated carbocycles. The molecule has 0 aromatic carbocycles. The summed E-state index contributed by atoms with van der Waals surface area (Å²) in [5.74, 6) is -1.47. The molecule has 7 nitrogen and oxygen atoms in total. The van der Waals surface area contributed by atoms with E-state index in [9.17, 15) is 19.5 Å². The first-order chi connectivity index (χ1) is 9.77. The molecule has 1 aromatic rings. The lowest BCUT2D eigenvalue weighted by Crippen LogP contribution is -2.48. The summed E-state index contributed by atoms with van der Waals surface area (Å²) in [6.45, 7) is 4.97. The number of carbonyl (C=O) groups excluding carboxylic acids is 1. The Balaban J connectivity index is 2.29. The predicted octanol–water partition coefficient (Wildman–Crippen LogP) is 0.760. The maximum Gasteiger partial charge on any atom is 0.311 e. The van der Waals surface area contributed by atoms with Crippen LogP contribution in [0.1, 0.15) is 47.8 Å². The Morgan fingerprint density at radius 2 is 2.10 bits per heavy atom. The van der Waals surface area contributed by atoms with Gasteiger partial charge in [0, 0.05) is 6.04 Å². The molecule has 1 amide bonds. The molecule has 0 spiro atoms. The van der Waals surface area contributed by atoms with E-state index in [0.717, 1.165) is 6.42 Å². The van der Waals surface area contributed by atoms with Crippen LogP contribution in [0.4, 0.5) is 0 Å². The van der Waals surface area contributed by atoms with Gasteiger partial charge in [0.1, 0.15) is 5.56 Å². The van der Waals surface area contributed by atoms with Gasteiger partial charge in [-0.2, -0.15) is 5.10 Å². The fraction of sp³-hybridized carbons (Fsp3) is 0.571. The second-order valence-electron chi connectivity index (χ2n) is 5.78. The summed E-state index contributed by atoms with van der Waals surface area (Å²) >= 11 is 0. The summed E-state index contributed by atoms with van der Waals surface area (Å²) in [5, 5.41) is 18.1. The number of aromatic amines is 1. The molecule has 0 saturated heterocycles. The van der Waals surface area contributed by atoms with Crippen LogP contribution in [-0.4, -0.2) is 33.2 Å². The summed E-state index contributed by atoms with van der Waals surface area (Å²) in [6.07, 6.45) is 1.84. The molecule has 2 unspecified atom stereocenters. The number of nitrogens with zero attached hydrogens (tertiary/aromatic N) is 1. The van der Waals surface area contributed by atoms with E-state index in [4.69, 9.17) is 0 Å². The zero-order valence-corrected chi connectivity index (χ0v) is 12.3. The number of carboxylic acid groups (broad SMARTS) is 1. The molecular formula is C14H19N3O4. The van der Waals surface area contributed by atoms with E-state index in [0.29, 0.717) is 24.1 Å². The monoisotopic (exact) mass is 293 g/mol. The minimum absolute atomic E-state index is 0.00198. The van der Waals surface area contributed by atoms with E-state index in [2.05, 4.69) is 15.5 Å². The van der Waals surface area contributed by atoms with Gasteiger partial charge >= 0.3 is 5.97 Å².